The highest BCUT2D eigenvalue weighted by Crippen LogP contribution is 2.32. The van der Waals surface area contributed by atoms with E-state index >= 15 is 0 Å². The lowest BCUT2D eigenvalue weighted by molar-refractivity contribution is 0.174. The molecule has 0 radical (unpaired) electrons. The van der Waals surface area contributed by atoms with Gasteiger partial charge < -0.3 is 19.7 Å². The molecule has 7 heteroatoms. The van der Waals surface area contributed by atoms with Crippen LogP contribution >= 0.6 is 35.2 Å². The quantitative estimate of drug-likeness (QED) is 0.806. The highest BCUT2D eigenvalue weighted by atomic mass is 35.5. The molecule has 4 nitrogen and oxygen atoms in total. The minimum absolute atomic E-state index is 0.289. The second-order valence-corrected chi connectivity index (χ2v) is 7.25. The van der Waals surface area contributed by atoms with Crippen LogP contribution < -0.4 is 14.8 Å². The second kappa shape index (κ2) is 7.38. The molecule has 0 aliphatic carbocycles. The number of halogens is 1. The second-order valence-electron chi connectivity index (χ2n) is 5.07. The number of thiophene rings is 1. The first-order chi connectivity index (χ1) is 11.2. The van der Waals surface area contributed by atoms with Crippen LogP contribution in [0.2, 0.25) is 4.34 Å². The zero-order valence-electron chi connectivity index (χ0n) is 12.7. The monoisotopic (exact) mass is 368 g/mol. The SMILES string of the molecule is CCN(Cc1ccc(Cl)s1)C(=S)NCc1ccc2c(c1)OCO2. The van der Waals surface area contributed by atoms with Gasteiger partial charge in [0.25, 0.3) is 0 Å². The zero-order valence-corrected chi connectivity index (χ0v) is 15.1. The summed E-state index contributed by atoms with van der Waals surface area (Å²) >= 11 is 13.1. The molecule has 1 aliphatic rings. The number of nitrogens with zero attached hydrogens (tertiary/aromatic N) is 1. The van der Waals surface area contributed by atoms with Crippen molar-refractivity contribution in [3.8, 4) is 11.5 Å². The van der Waals surface area contributed by atoms with E-state index < -0.39 is 0 Å². The molecule has 0 atom stereocenters. The normalized spacial score (nSPS) is 12.3. The predicted octanol–water partition coefficient (Wildman–Crippen LogP) is 4.03. The van der Waals surface area contributed by atoms with Gasteiger partial charge in [0.05, 0.1) is 10.9 Å². The lowest BCUT2D eigenvalue weighted by Gasteiger charge is -2.23. The predicted molar refractivity (Wildman–Crippen MR) is 97.4 cm³/mol. The molecule has 1 aliphatic heterocycles. The maximum absolute atomic E-state index is 5.98. The molecule has 1 aromatic heterocycles. The van der Waals surface area contributed by atoms with Crippen molar-refractivity contribution in [3.05, 3.63) is 45.1 Å². The van der Waals surface area contributed by atoms with E-state index in [9.17, 15) is 0 Å². The van der Waals surface area contributed by atoms with E-state index in [1.807, 2.05) is 30.3 Å². The smallest absolute Gasteiger partial charge is 0.231 e. The summed E-state index contributed by atoms with van der Waals surface area (Å²) in [4.78, 5) is 3.31. The van der Waals surface area contributed by atoms with Gasteiger partial charge in [-0.1, -0.05) is 17.7 Å². The van der Waals surface area contributed by atoms with E-state index in [1.165, 1.54) is 4.88 Å². The number of benzene rings is 1. The molecular formula is C16H17ClN2O2S2. The van der Waals surface area contributed by atoms with Crippen molar-refractivity contribution in [2.45, 2.75) is 20.0 Å². The Hall–Kier alpha value is -1.50. The number of fused-ring (bicyclic) bond motifs is 1. The minimum Gasteiger partial charge on any atom is -0.454 e. The average Bonchev–Trinajstić information content (AvgIpc) is 3.18. The molecular weight excluding hydrogens is 352 g/mol. The number of thiocarbonyl (C=S) groups is 1. The van der Waals surface area contributed by atoms with Gasteiger partial charge in [-0.05, 0) is 49.0 Å². The summed E-state index contributed by atoms with van der Waals surface area (Å²) in [5.41, 5.74) is 1.10. The molecule has 1 N–H and O–H groups in total. The summed E-state index contributed by atoms with van der Waals surface area (Å²) in [7, 11) is 0. The first-order valence-electron chi connectivity index (χ1n) is 7.31. The van der Waals surface area contributed by atoms with Crippen molar-refractivity contribution >= 4 is 40.3 Å². The molecule has 0 saturated heterocycles. The molecule has 2 heterocycles. The fourth-order valence-electron chi connectivity index (χ4n) is 2.29. The van der Waals surface area contributed by atoms with Crippen LogP contribution in [-0.4, -0.2) is 23.4 Å². The summed E-state index contributed by atoms with van der Waals surface area (Å²) in [6.45, 7) is 4.63. The van der Waals surface area contributed by atoms with Crippen LogP contribution in [-0.2, 0) is 13.1 Å². The molecule has 0 unspecified atom stereocenters. The highest BCUT2D eigenvalue weighted by molar-refractivity contribution is 7.80. The standard InChI is InChI=1S/C16H17ClN2O2S2/c1-2-19(9-12-4-6-15(17)23-12)16(22)18-8-11-3-5-13-14(7-11)21-10-20-13/h3-7H,2,8-10H2,1H3,(H,18,22). The molecule has 0 amide bonds. The zero-order chi connectivity index (χ0) is 16.2. The van der Waals surface area contributed by atoms with E-state index in [0.717, 1.165) is 39.6 Å². The summed E-state index contributed by atoms with van der Waals surface area (Å²) in [6, 6.07) is 9.87. The Morgan fingerprint density at radius 2 is 2.13 bits per heavy atom. The molecule has 0 fully saturated rings. The van der Waals surface area contributed by atoms with Gasteiger partial charge in [-0.3, -0.25) is 0 Å². The maximum Gasteiger partial charge on any atom is 0.231 e. The molecule has 0 saturated carbocycles. The Labute approximate surface area is 150 Å². The fraction of sp³-hybridized carbons (Fsp3) is 0.312. The van der Waals surface area contributed by atoms with Gasteiger partial charge in [0.15, 0.2) is 16.6 Å². The summed E-state index contributed by atoms with van der Waals surface area (Å²) in [5, 5.41) is 4.03. The molecule has 0 spiro atoms. The molecule has 1 aromatic carbocycles. The molecule has 3 rings (SSSR count). The van der Waals surface area contributed by atoms with Crippen molar-refractivity contribution in [2.24, 2.45) is 0 Å². The van der Waals surface area contributed by atoms with Gasteiger partial charge in [-0.25, -0.2) is 0 Å². The van der Waals surface area contributed by atoms with E-state index in [2.05, 4.69) is 17.1 Å². The Kier molecular flexibility index (Phi) is 5.25. The summed E-state index contributed by atoms with van der Waals surface area (Å²) < 4.78 is 11.5. The van der Waals surface area contributed by atoms with Gasteiger partial charge in [-0.15, -0.1) is 11.3 Å². The van der Waals surface area contributed by atoms with Crippen molar-refractivity contribution in [2.75, 3.05) is 13.3 Å². The van der Waals surface area contributed by atoms with E-state index in [4.69, 9.17) is 33.3 Å². The van der Waals surface area contributed by atoms with Crippen LogP contribution in [0.25, 0.3) is 0 Å². The van der Waals surface area contributed by atoms with Crippen molar-refractivity contribution in [3.63, 3.8) is 0 Å². The molecule has 2 aromatic rings. The molecule has 122 valence electrons. The highest BCUT2D eigenvalue weighted by Gasteiger charge is 2.14. The lowest BCUT2D eigenvalue weighted by atomic mass is 10.2. The number of nitrogens with one attached hydrogen (secondary N) is 1. The van der Waals surface area contributed by atoms with Crippen LogP contribution in [0.3, 0.4) is 0 Å². The third-order valence-electron chi connectivity index (χ3n) is 3.53. The van der Waals surface area contributed by atoms with Gasteiger partial charge in [0.1, 0.15) is 0 Å². The van der Waals surface area contributed by atoms with E-state index in [1.54, 1.807) is 11.3 Å². The Morgan fingerprint density at radius 1 is 1.30 bits per heavy atom. The van der Waals surface area contributed by atoms with Crippen molar-refractivity contribution in [1.82, 2.24) is 10.2 Å². The van der Waals surface area contributed by atoms with Crippen LogP contribution in [0.15, 0.2) is 30.3 Å². The number of ether oxygens (including phenoxy) is 2. The Balaban J connectivity index is 1.57. The van der Waals surface area contributed by atoms with Crippen molar-refractivity contribution < 1.29 is 9.47 Å². The first kappa shape index (κ1) is 16.4. The average molecular weight is 369 g/mol. The minimum atomic E-state index is 0.289. The third-order valence-corrected chi connectivity index (χ3v) is 5.14. The van der Waals surface area contributed by atoms with Gasteiger partial charge in [0.2, 0.25) is 6.79 Å². The lowest BCUT2D eigenvalue weighted by Crippen LogP contribution is -2.38. The Morgan fingerprint density at radius 3 is 2.87 bits per heavy atom. The van der Waals surface area contributed by atoms with Crippen LogP contribution in [0.1, 0.15) is 17.4 Å². The first-order valence-corrected chi connectivity index (χ1v) is 8.91. The van der Waals surface area contributed by atoms with Gasteiger partial charge in [-0.2, -0.15) is 0 Å². The molecule has 0 bridgehead atoms. The van der Waals surface area contributed by atoms with Crippen LogP contribution in [0.4, 0.5) is 0 Å². The van der Waals surface area contributed by atoms with Crippen molar-refractivity contribution in [1.29, 1.82) is 0 Å². The number of rotatable bonds is 5. The van der Waals surface area contributed by atoms with Crippen LogP contribution in [0, 0.1) is 0 Å². The molecule has 23 heavy (non-hydrogen) atoms. The maximum atomic E-state index is 5.98. The summed E-state index contributed by atoms with van der Waals surface area (Å²) in [6.07, 6.45) is 0. The van der Waals surface area contributed by atoms with Crippen LogP contribution in [0.5, 0.6) is 11.5 Å². The van der Waals surface area contributed by atoms with Gasteiger partial charge in [0, 0.05) is 18.0 Å². The van der Waals surface area contributed by atoms with E-state index in [0.29, 0.717) is 6.54 Å². The number of hydrogen-bond acceptors (Lipinski definition) is 4. The Bertz CT molecular complexity index is 705. The topological polar surface area (TPSA) is 33.7 Å². The largest absolute Gasteiger partial charge is 0.454 e. The van der Waals surface area contributed by atoms with Gasteiger partial charge >= 0.3 is 0 Å². The summed E-state index contributed by atoms with van der Waals surface area (Å²) in [5.74, 6) is 1.58. The number of hydrogen-bond donors (Lipinski definition) is 1. The third kappa shape index (κ3) is 4.07. The van der Waals surface area contributed by atoms with E-state index in [-0.39, 0.29) is 6.79 Å². The fourth-order valence-corrected chi connectivity index (χ4v) is 3.66.